The molecular formula is C18H21F2N. The zero-order valence-corrected chi connectivity index (χ0v) is 12.9. The van der Waals surface area contributed by atoms with E-state index in [9.17, 15) is 8.78 Å². The van der Waals surface area contributed by atoms with Gasteiger partial charge in [0.05, 0.1) is 6.04 Å². The third-order valence-corrected chi connectivity index (χ3v) is 3.56. The molecule has 0 aliphatic carbocycles. The molecule has 0 saturated carbocycles. The van der Waals surface area contributed by atoms with E-state index in [2.05, 4.69) is 38.2 Å². The highest BCUT2D eigenvalue weighted by Crippen LogP contribution is 2.26. The van der Waals surface area contributed by atoms with Gasteiger partial charge in [0.2, 0.25) is 0 Å². The third kappa shape index (κ3) is 3.81. The Morgan fingerprint density at radius 3 is 2.10 bits per heavy atom. The topological polar surface area (TPSA) is 12.0 Å². The first-order chi connectivity index (χ1) is 9.77. The minimum atomic E-state index is -0.557. The fraction of sp³-hybridized carbons (Fsp3) is 0.333. The standard InChI is InChI=1S/C18H21F2N/c1-12(16-10-7-14(19)11-17(16)20)21-15-8-5-13(6-9-15)18(2,3)4/h5-12,21H,1-4H3. The molecule has 112 valence electrons. The number of rotatable bonds is 3. The van der Waals surface area contributed by atoms with Crippen molar-refractivity contribution in [2.45, 2.75) is 39.2 Å². The molecule has 2 aromatic carbocycles. The normalized spacial score (nSPS) is 13.0. The van der Waals surface area contributed by atoms with Crippen molar-refractivity contribution in [3.8, 4) is 0 Å². The number of anilines is 1. The number of hydrogen-bond acceptors (Lipinski definition) is 1. The SMILES string of the molecule is CC(Nc1ccc(C(C)(C)C)cc1)c1ccc(F)cc1F. The van der Waals surface area contributed by atoms with Crippen LogP contribution in [-0.2, 0) is 5.41 Å². The summed E-state index contributed by atoms with van der Waals surface area (Å²) >= 11 is 0. The van der Waals surface area contributed by atoms with Crippen LogP contribution in [0.2, 0.25) is 0 Å². The fourth-order valence-electron chi connectivity index (χ4n) is 2.25. The summed E-state index contributed by atoms with van der Waals surface area (Å²) in [5.74, 6) is -1.08. The second-order valence-electron chi connectivity index (χ2n) is 6.36. The van der Waals surface area contributed by atoms with Crippen molar-refractivity contribution < 1.29 is 8.78 Å². The highest BCUT2D eigenvalue weighted by molar-refractivity contribution is 5.47. The lowest BCUT2D eigenvalue weighted by Crippen LogP contribution is -2.12. The van der Waals surface area contributed by atoms with Gasteiger partial charge in [0, 0.05) is 17.3 Å². The van der Waals surface area contributed by atoms with Gasteiger partial charge in [0.1, 0.15) is 11.6 Å². The first-order valence-electron chi connectivity index (χ1n) is 7.09. The molecular weight excluding hydrogens is 268 g/mol. The van der Waals surface area contributed by atoms with Crippen LogP contribution in [0.15, 0.2) is 42.5 Å². The van der Waals surface area contributed by atoms with Gasteiger partial charge < -0.3 is 5.32 Å². The molecule has 1 unspecified atom stereocenters. The summed E-state index contributed by atoms with van der Waals surface area (Å²) in [6.45, 7) is 8.33. The first-order valence-corrected chi connectivity index (χ1v) is 7.09. The lowest BCUT2D eigenvalue weighted by atomic mass is 9.87. The largest absolute Gasteiger partial charge is 0.378 e. The van der Waals surface area contributed by atoms with Gasteiger partial charge in [-0.1, -0.05) is 39.0 Å². The average Bonchev–Trinajstić information content (AvgIpc) is 2.38. The molecule has 2 rings (SSSR count). The van der Waals surface area contributed by atoms with Gasteiger partial charge in [0.25, 0.3) is 0 Å². The van der Waals surface area contributed by atoms with Crippen LogP contribution in [0.3, 0.4) is 0 Å². The van der Waals surface area contributed by atoms with Crippen molar-refractivity contribution in [1.82, 2.24) is 0 Å². The maximum Gasteiger partial charge on any atom is 0.131 e. The minimum Gasteiger partial charge on any atom is -0.378 e. The molecule has 0 bridgehead atoms. The highest BCUT2D eigenvalue weighted by Gasteiger charge is 2.14. The van der Waals surface area contributed by atoms with E-state index in [1.807, 2.05) is 19.1 Å². The van der Waals surface area contributed by atoms with Crippen molar-refractivity contribution in [3.63, 3.8) is 0 Å². The van der Waals surface area contributed by atoms with Crippen molar-refractivity contribution in [1.29, 1.82) is 0 Å². The molecule has 0 heterocycles. The van der Waals surface area contributed by atoms with Crippen LogP contribution in [0.4, 0.5) is 14.5 Å². The van der Waals surface area contributed by atoms with E-state index >= 15 is 0 Å². The Hall–Kier alpha value is -1.90. The van der Waals surface area contributed by atoms with Crippen LogP contribution >= 0.6 is 0 Å². The minimum absolute atomic E-state index is 0.104. The molecule has 0 aliphatic rings. The van der Waals surface area contributed by atoms with Gasteiger partial charge in [-0.3, -0.25) is 0 Å². The molecule has 0 aromatic heterocycles. The third-order valence-electron chi connectivity index (χ3n) is 3.56. The van der Waals surface area contributed by atoms with E-state index in [0.29, 0.717) is 5.56 Å². The van der Waals surface area contributed by atoms with E-state index in [0.717, 1.165) is 11.8 Å². The molecule has 0 aliphatic heterocycles. The maximum absolute atomic E-state index is 13.7. The van der Waals surface area contributed by atoms with Crippen LogP contribution in [0, 0.1) is 11.6 Å². The molecule has 1 nitrogen and oxygen atoms in total. The van der Waals surface area contributed by atoms with Crippen LogP contribution in [0.25, 0.3) is 0 Å². The molecule has 0 fully saturated rings. The molecule has 2 aromatic rings. The fourth-order valence-corrected chi connectivity index (χ4v) is 2.25. The Kier molecular flexibility index (Phi) is 4.31. The maximum atomic E-state index is 13.7. The summed E-state index contributed by atoms with van der Waals surface area (Å²) in [4.78, 5) is 0. The van der Waals surface area contributed by atoms with E-state index in [1.54, 1.807) is 0 Å². The molecule has 1 N–H and O–H groups in total. The number of benzene rings is 2. The second kappa shape index (κ2) is 5.84. The van der Waals surface area contributed by atoms with Crippen LogP contribution in [0.5, 0.6) is 0 Å². The lowest BCUT2D eigenvalue weighted by molar-refractivity contribution is 0.566. The van der Waals surface area contributed by atoms with E-state index in [4.69, 9.17) is 0 Å². The lowest BCUT2D eigenvalue weighted by Gasteiger charge is -2.21. The molecule has 0 amide bonds. The predicted octanol–water partition coefficient (Wildman–Crippen LogP) is 5.44. The zero-order valence-electron chi connectivity index (χ0n) is 12.9. The van der Waals surface area contributed by atoms with Gasteiger partial charge in [-0.2, -0.15) is 0 Å². The van der Waals surface area contributed by atoms with Crippen molar-refractivity contribution in [2.24, 2.45) is 0 Å². The number of halogens is 2. The molecule has 3 heteroatoms. The molecule has 0 radical (unpaired) electrons. The Labute approximate surface area is 125 Å². The Morgan fingerprint density at radius 1 is 0.952 bits per heavy atom. The summed E-state index contributed by atoms with van der Waals surface area (Å²) in [6.07, 6.45) is 0. The molecule has 21 heavy (non-hydrogen) atoms. The quantitative estimate of drug-likeness (QED) is 0.793. The predicted molar refractivity (Wildman–Crippen MR) is 83.5 cm³/mol. The van der Waals surface area contributed by atoms with E-state index in [1.165, 1.54) is 17.7 Å². The second-order valence-corrected chi connectivity index (χ2v) is 6.36. The van der Waals surface area contributed by atoms with Gasteiger partial charge in [0.15, 0.2) is 0 Å². The van der Waals surface area contributed by atoms with Crippen molar-refractivity contribution in [2.75, 3.05) is 5.32 Å². The van der Waals surface area contributed by atoms with Gasteiger partial charge in [-0.25, -0.2) is 8.78 Å². The van der Waals surface area contributed by atoms with E-state index in [-0.39, 0.29) is 11.5 Å². The monoisotopic (exact) mass is 289 g/mol. The number of nitrogens with one attached hydrogen (secondary N) is 1. The van der Waals surface area contributed by atoms with Gasteiger partial charge in [-0.15, -0.1) is 0 Å². The average molecular weight is 289 g/mol. The summed E-state index contributed by atoms with van der Waals surface area (Å²) in [5.41, 5.74) is 2.72. The number of hydrogen-bond donors (Lipinski definition) is 1. The van der Waals surface area contributed by atoms with Crippen LogP contribution in [-0.4, -0.2) is 0 Å². The molecule has 0 spiro atoms. The van der Waals surface area contributed by atoms with Gasteiger partial charge >= 0.3 is 0 Å². The Bertz CT molecular complexity index is 612. The van der Waals surface area contributed by atoms with Crippen LogP contribution < -0.4 is 5.32 Å². The Morgan fingerprint density at radius 2 is 1.57 bits per heavy atom. The van der Waals surface area contributed by atoms with E-state index < -0.39 is 11.6 Å². The van der Waals surface area contributed by atoms with Crippen molar-refractivity contribution >= 4 is 5.69 Å². The highest BCUT2D eigenvalue weighted by atomic mass is 19.1. The molecule has 1 atom stereocenters. The summed E-state index contributed by atoms with van der Waals surface area (Å²) in [6, 6.07) is 11.5. The van der Waals surface area contributed by atoms with Crippen LogP contribution in [0.1, 0.15) is 44.9 Å². The van der Waals surface area contributed by atoms with Crippen molar-refractivity contribution in [3.05, 3.63) is 65.2 Å². The smallest absolute Gasteiger partial charge is 0.131 e. The zero-order chi connectivity index (χ0) is 15.6. The van der Waals surface area contributed by atoms with Gasteiger partial charge in [-0.05, 0) is 36.1 Å². The Balaban J connectivity index is 2.14. The first kappa shape index (κ1) is 15.5. The summed E-state index contributed by atoms with van der Waals surface area (Å²) in [7, 11) is 0. The summed E-state index contributed by atoms with van der Waals surface area (Å²) < 4.78 is 26.7. The summed E-state index contributed by atoms with van der Waals surface area (Å²) in [5, 5.41) is 3.23. The molecule has 0 saturated heterocycles.